The Labute approximate surface area is 243 Å². The molecule has 1 atom stereocenters. The molecule has 1 aliphatic carbocycles. The van der Waals surface area contributed by atoms with Crippen molar-refractivity contribution in [3.63, 3.8) is 0 Å². The lowest BCUT2D eigenvalue weighted by Gasteiger charge is -2.37. The summed E-state index contributed by atoms with van der Waals surface area (Å²) in [6.45, 7) is -0.0148. The van der Waals surface area contributed by atoms with Crippen molar-refractivity contribution >= 4 is 43.5 Å². The van der Waals surface area contributed by atoms with Crippen LogP contribution in [0.25, 0.3) is 0 Å². The number of para-hydroxylation sites is 2. The van der Waals surface area contributed by atoms with Crippen molar-refractivity contribution < 1.29 is 22.7 Å². The van der Waals surface area contributed by atoms with Crippen molar-refractivity contribution in [3.05, 3.63) is 88.9 Å². The van der Waals surface area contributed by atoms with E-state index in [2.05, 4.69) is 21.2 Å². The molecule has 2 aliphatic rings. The van der Waals surface area contributed by atoms with E-state index in [0.29, 0.717) is 30.8 Å². The summed E-state index contributed by atoms with van der Waals surface area (Å²) < 4.78 is 35.8. The second kappa shape index (κ2) is 12.5. The zero-order valence-electron chi connectivity index (χ0n) is 22.0. The first-order valence-electron chi connectivity index (χ1n) is 13.5. The molecule has 1 heterocycles. The third kappa shape index (κ3) is 6.40. The fourth-order valence-electron chi connectivity index (χ4n) is 5.25. The number of ether oxygens (including phenoxy) is 1. The fourth-order valence-corrected chi connectivity index (χ4v) is 7.14. The van der Waals surface area contributed by atoms with Gasteiger partial charge in [-0.2, -0.15) is 4.31 Å². The van der Waals surface area contributed by atoms with E-state index in [1.54, 1.807) is 48.5 Å². The number of carbonyl (C=O) groups is 2. The number of anilines is 1. The van der Waals surface area contributed by atoms with Gasteiger partial charge in [-0.15, -0.1) is 0 Å². The standard InChI is InChI=1S/C30H32BrN3O5S/c31-23-15-17-25(18-16-23)40(37,38)34(24-11-5-2-6-12-24)21-29(35)33-20-28(39-27-14-8-7-13-26(27)33)30(36)32-19-22-9-3-1-4-10-22/h1,3-4,7-10,13-18,24,28H,2,5-6,11-12,19-21H2,(H,32,36)/t28-/m1/s1. The van der Waals surface area contributed by atoms with Crippen molar-refractivity contribution in [2.75, 3.05) is 18.0 Å². The lowest BCUT2D eigenvalue weighted by molar-refractivity contribution is -0.128. The number of nitrogens with one attached hydrogen (secondary N) is 1. The number of rotatable bonds is 8. The largest absolute Gasteiger partial charge is 0.477 e. The molecule has 0 bridgehead atoms. The van der Waals surface area contributed by atoms with Gasteiger partial charge in [0.1, 0.15) is 5.75 Å². The average molecular weight is 627 g/mol. The van der Waals surface area contributed by atoms with Gasteiger partial charge in [-0.3, -0.25) is 9.59 Å². The Balaban J connectivity index is 1.39. The Morgan fingerprint density at radius 3 is 2.33 bits per heavy atom. The van der Waals surface area contributed by atoms with E-state index in [1.807, 2.05) is 30.3 Å². The maximum Gasteiger partial charge on any atom is 0.263 e. The average Bonchev–Trinajstić information content (AvgIpc) is 2.99. The minimum atomic E-state index is -3.94. The van der Waals surface area contributed by atoms with Crippen LogP contribution in [0, 0.1) is 0 Å². The first-order chi connectivity index (χ1) is 19.3. The van der Waals surface area contributed by atoms with E-state index >= 15 is 0 Å². The van der Waals surface area contributed by atoms with Crippen LogP contribution in [-0.2, 0) is 26.2 Å². The summed E-state index contributed by atoms with van der Waals surface area (Å²) in [5.74, 6) is -0.340. The highest BCUT2D eigenvalue weighted by Crippen LogP contribution is 2.34. The molecule has 40 heavy (non-hydrogen) atoms. The van der Waals surface area contributed by atoms with Gasteiger partial charge in [0.05, 0.1) is 23.7 Å². The maximum absolute atomic E-state index is 13.9. The first-order valence-corrected chi connectivity index (χ1v) is 15.7. The number of hydrogen-bond donors (Lipinski definition) is 1. The van der Waals surface area contributed by atoms with Crippen LogP contribution in [-0.4, -0.2) is 49.8 Å². The van der Waals surface area contributed by atoms with Gasteiger partial charge in [-0.05, 0) is 54.8 Å². The minimum absolute atomic E-state index is 0.0205. The SMILES string of the molecule is O=C(NCc1ccccc1)[C@H]1CN(C(=O)CN(C2CCCCC2)S(=O)(=O)c2ccc(Br)cc2)c2ccccc2O1. The Kier molecular flexibility index (Phi) is 8.87. The Hall–Kier alpha value is -3.21. The van der Waals surface area contributed by atoms with Crippen LogP contribution >= 0.6 is 15.9 Å². The minimum Gasteiger partial charge on any atom is -0.477 e. The predicted molar refractivity (Wildman–Crippen MR) is 156 cm³/mol. The predicted octanol–water partition coefficient (Wildman–Crippen LogP) is 4.88. The normalized spacial score (nSPS) is 17.6. The Morgan fingerprint density at radius 2 is 1.60 bits per heavy atom. The molecule has 0 aromatic heterocycles. The third-order valence-corrected chi connectivity index (χ3v) is 9.81. The van der Waals surface area contributed by atoms with Crippen LogP contribution in [0.15, 0.2) is 88.2 Å². The molecule has 10 heteroatoms. The molecule has 5 rings (SSSR count). The van der Waals surface area contributed by atoms with E-state index in [1.165, 1.54) is 9.21 Å². The van der Waals surface area contributed by atoms with Crippen LogP contribution in [0.1, 0.15) is 37.7 Å². The lowest BCUT2D eigenvalue weighted by atomic mass is 9.95. The molecular formula is C30H32BrN3O5S. The van der Waals surface area contributed by atoms with E-state index in [-0.39, 0.29) is 29.9 Å². The molecular weight excluding hydrogens is 594 g/mol. The molecule has 0 unspecified atom stereocenters. The monoisotopic (exact) mass is 625 g/mol. The zero-order valence-corrected chi connectivity index (χ0v) is 24.4. The molecule has 3 aromatic rings. The molecule has 2 amide bonds. The molecule has 1 aliphatic heterocycles. The van der Waals surface area contributed by atoms with Crippen LogP contribution in [0.2, 0.25) is 0 Å². The molecule has 0 saturated heterocycles. The van der Waals surface area contributed by atoms with Crippen LogP contribution in [0.4, 0.5) is 5.69 Å². The number of fused-ring (bicyclic) bond motifs is 1. The molecule has 1 N–H and O–H groups in total. The molecule has 1 saturated carbocycles. The topological polar surface area (TPSA) is 96.0 Å². The molecule has 0 spiro atoms. The van der Waals surface area contributed by atoms with Crippen LogP contribution in [0.5, 0.6) is 5.75 Å². The third-order valence-electron chi connectivity index (χ3n) is 7.37. The van der Waals surface area contributed by atoms with Gasteiger partial charge in [0.2, 0.25) is 15.9 Å². The quantitative estimate of drug-likeness (QED) is 0.385. The van der Waals surface area contributed by atoms with Gasteiger partial charge in [0.15, 0.2) is 6.10 Å². The van der Waals surface area contributed by atoms with Gasteiger partial charge in [-0.25, -0.2) is 8.42 Å². The number of hydrogen-bond acceptors (Lipinski definition) is 5. The number of carbonyl (C=O) groups excluding carboxylic acids is 2. The molecule has 210 valence electrons. The number of sulfonamides is 1. The Bertz CT molecular complexity index is 1440. The second-order valence-electron chi connectivity index (χ2n) is 10.1. The van der Waals surface area contributed by atoms with Crippen molar-refractivity contribution in [2.45, 2.75) is 55.7 Å². The summed E-state index contributed by atoms with van der Waals surface area (Å²) in [6.07, 6.45) is 3.34. The van der Waals surface area contributed by atoms with E-state index in [4.69, 9.17) is 4.74 Å². The van der Waals surface area contributed by atoms with E-state index in [9.17, 15) is 18.0 Å². The number of nitrogens with zero attached hydrogens (tertiary/aromatic N) is 2. The highest BCUT2D eigenvalue weighted by molar-refractivity contribution is 9.10. The Morgan fingerprint density at radius 1 is 0.925 bits per heavy atom. The summed E-state index contributed by atoms with van der Waals surface area (Å²) >= 11 is 3.36. The lowest BCUT2D eigenvalue weighted by Crippen LogP contribution is -2.54. The van der Waals surface area contributed by atoms with Gasteiger partial charge in [0, 0.05) is 17.1 Å². The van der Waals surface area contributed by atoms with Gasteiger partial charge >= 0.3 is 0 Å². The van der Waals surface area contributed by atoms with Crippen molar-refractivity contribution in [2.24, 2.45) is 0 Å². The van der Waals surface area contributed by atoms with Crippen LogP contribution < -0.4 is 15.0 Å². The van der Waals surface area contributed by atoms with Gasteiger partial charge in [-0.1, -0.05) is 77.7 Å². The number of benzene rings is 3. The molecule has 0 radical (unpaired) electrons. The molecule has 1 fully saturated rings. The first kappa shape index (κ1) is 28.3. The highest BCUT2D eigenvalue weighted by atomic mass is 79.9. The van der Waals surface area contributed by atoms with Gasteiger partial charge in [0.25, 0.3) is 5.91 Å². The van der Waals surface area contributed by atoms with Crippen molar-refractivity contribution in [1.29, 1.82) is 0 Å². The maximum atomic E-state index is 13.9. The fraction of sp³-hybridized carbons (Fsp3) is 0.333. The zero-order chi connectivity index (χ0) is 28.1. The van der Waals surface area contributed by atoms with Crippen molar-refractivity contribution in [1.82, 2.24) is 9.62 Å². The van der Waals surface area contributed by atoms with Crippen molar-refractivity contribution in [3.8, 4) is 5.75 Å². The van der Waals surface area contributed by atoms with E-state index in [0.717, 1.165) is 29.3 Å². The summed E-state index contributed by atoms with van der Waals surface area (Å²) in [6, 6.07) is 22.8. The smallest absolute Gasteiger partial charge is 0.263 e. The summed E-state index contributed by atoms with van der Waals surface area (Å²) in [5, 5.41) is 2.89. The summed E-state index contributed by atoms with van der Waals surface area (Å²) in [5.41, 5.74) is 1.46. The number of amides is 2. The number of halogens is 1. The van der Waals surface area contributed by atoms with Crippen LogP contribution in [0.3, 0.4) is 0 Å². The van der Waals surface area contributed by atoms with Gasteiger partial charge < -0.3 is 15.0 Å². The second-order valence-corrected chi connectivity index (χ2v) is 12.9. The molecule has 3 aromatic carbocycles. The van der Waals surface area contributed by atoms with E-state index < -0.39 is 22.0 Å². The summed E-state index contributed by atoms with van der Waals surface area (Å²) in [7, 11) is -3.94. The highest BCUT2D eigenvalue weighted by Gasteiger charge is 2.38. The summed E-state index contributed by atoms with van der Waals surface area (Å²) in [4.78, 5) is 28.7. The molecule has 8 nitrogen and oxygen atoms in total.